The van der Waals surface area contributed by atoms with Crippen molar-refractivity contribution >= 4 is 15.6 Å². The minimum atomic E-state index is -5.03. The van der Waals surface area contributed by atoms with Crippen molar-refractivity contribution in [2.75, 3.05) is 13.2 Å². The Bertz CT molecular complexity index is 521. The summed E-state index contributed by atoms with van der Waals surface area (Å²) in [6.45, 7) is 3.18. The van der Waals surface area contributed by atoms with Gasteiger partial charge in [0.2, 0.25) is 0 Å². The van der Waals surface area contributed by atoms with E-state index in [9.17, 15) is 9.13 Å². The van der Waals surface area contributed by atoms with Crippen LogP contribution in [0.1, 0.15) is 103 Å². The van der Waals surface area contributed by atoms with E-state index in [-0.39, 0.29) is 6.61 Å². The molecule has 10 heteroatoms. The van der Waals surface area contributed by atoms with Crippen molar-refractivity contribution in [1.29, 1.82) is 0 Å². The Morgan fingerprint density at radius 2 is 1.37 bits per heavy atom. The first-order valence-corrected chi connectivity index (χ1v) is 14.6. The van der Waals surface area contributed by atoms with E-state index in [1.165, 1.54) is 70.6 Å². The average Bonchev–Trinajstić information content (AvgIpc) is 3.46. The Morgan fingerprint density at radius 1 is 0.867 bits per heavy atom. The summed E-state index contributed by atoms with van der Waals surface area (Å²) in [4.78, 5) is 26.2. The van der Waals surface area contributed by atoms with Crippen LogP contribution >= 0.6 is 15.6 Å². The zero-order valence-electron chi connectivity index (χ0n) is 18.5. The van der Waals surface area contributed by atoms with Crippen LogP contribution < -0.4 is 0 Å². The number of phosphoric acid groups is 2. The van der Waals surface area contributed by atoms with Crippen LogP contribution in [0.15, 0.2) is 0 Å². The molecule has 3 N–H and O–H groups in total. The Labute approximate surface area is 181 Å². The minimum Gasteiger partial charge on any atom is -0.373 e. The standard InChI is InChI=1S/C20H42O8P2/c1-2-19(14-10-6-4-3-5-7-12-16-20-18-26-20)15-11-8-9-13-17-27-30(24,25)28-29(21,22)23/h19-20H,2-18H2,1H3,(H,24,25)(H2,21,22,23). The molecule has 3 unspecified atom stereocenters. The zero-order chi connectivity index (χ0) is 22.3. The van der Waals surface area contributed by atoms with Gasteiger partial charge in [-0.05, 0) is 18.8 Å². The lowest BCUT2D eigenvalue weighted by Crippen LogP contribution is -2.00. The quantitative estimate of drug-likeness (QED) is 0.104. The lowest BCUT2D eigenvalue weighted by atomic mass is 9.92. The van der Waals surface area contributed by atoms with Crippen molar-refractivity contribution in [2.24, 2.45) is 5.92 Å². The molecule has 3 atom stereocenters. The van der Waals surface area contributed by atoms with Crippen molar-refractivity contribution in [2.45, 2.75) is 109 Å². The molecule has 1 aliphatic rings. The molecule has 8 nitrogen and oxygen atoms in total. The maximum Gasteiger partial charge on any atom is 0.481 e. The van der Waals surface area contributed by atoms with Gasteiger partial charge >= 0.3 is 15.6 Å². The van der Waals surface area contributed by atoms with E-state index in [1.54, 1.807) is 0 Å². The van der Waals surface area contributed by atoms with Crippen LogP contribution in [0.4, 0.5) is 0 Å². The fourth-order valence-corrected chi connectivity index (χ4v) is 5.33. The third kappa shape index (κ3) is 17.9. The van der Waals surface area contributed by atoms with E-state index < -0.39 is 15.6 Å². The summed E-state index contributed by atoms with van der Waals surface area (Å²) in [6.07, 6.45) is 18.4. The molecule has 0 bridgehead atoms. The van der Waals surface area contributed by atoms with E-state index in [4.69, 9.17) is 19.4 Å². The van der Waals surface area contributed by atoms with Gasteiger partial charge in [0.15, 0.2) is 0 Å². The maximum atomic E-state index is 11.3. The van der Waals surface area contributed by atoms with E-state index in [1.807, 2.05) is 0 Å². The van der Waals surface area contributed by atoms with Crippen molar-refractivity contribution < 1.29 is 37.4 Å². The predicted molar refractivity (Wildman–Crippen MR) is 117 cm³/mol. The van der Waals surface area contributed by atoms with Gasteiger partial charge in [0.1, 0.15) is 0 Å². The van der Waals surface area contributed by atoms with Crippen molar-refractivity contribution in [3.05, 3.63) is 0 Å². The number of phosphoric ester groups is 1. The average molecular weight is 472 g/mol. The predicted octanol–water partition coefficient (Wildman–Crippen LogP) is 6.10. The monoisotopic (exact) mass is 472 g/mol. The molecular weight excluding hydrogens is 430 g/mol. The second kappa shape index (κ2) is 15.9. The molecule has 1 heterocycles. The van der Waals surface area contributed by atoms with Gasteiger partial charge in [-0.15, -0.1) is 0 Å². The molecule has 1 saturated heterocycles. The molecule has 1 rings (SSSR count). The van der Waals surface area contributed by atoms with Gasteiger partial charge in [-0.3, -0.25) is 4.52 Å². The Morgan fingerprint density at radius 3 is 1.87 bits per heavy atom. The molecular formula is C20H42O8P2. The lowest BCUT2D eigenvalue weighted by Gasteiger charge is -2.15. The van der Waals surface area contributed by atoms with Gasteiger partial charge in [-0.2, -0.15) is 4.31 Å². The summed E-state index contributed by atoms with van der Waals surface area (Å²) in [5.74, 6) is 0.772. The molecule has 0 aromatic rings. The molecule has 180 valence electrons. The summed E-state index contributed by atoms with van der Waals surface area (Å²) >= 11 is 0. The molecule has 0 radical (unpaired) electrons. The maximum absolute atomic E-state index is 11.3. The number of rotatable bonds is 21. The van der Waals surface area contributed by atoms with Crippen LogP contribution in [0.3, 0.4) is 0 Å². The molecule has 1 fully saturated rings. The molecule has 0 spiro atoms. The Hall–Kier alpha value is 0.220. The van der Waals surface area contributed by atoms with Crippen molar-refractivity contribution in [3.8, 4) is 0 Å². The normalized spacial score (nSPS) is 19.5. The van der Waals surface area contributed by atoms with E-state index >= 15 is 0 Å². The number of hydrogen-bond donors (Lipinski definition) is 3. The molecule has 1 aliphatic heterocycles. The summed E-state index contributed by atoms with van der Waals surface area (Å²) in [7, 11) is -9.72. The topological polar surface area (TPSA) is 126 Å². The van der Waals surface area contributed by atoms with Crippen LogP contribution in [0, 0.1) is 5.92 Å². The summed E-state index contributed by atoms with van der Waals surface area (Å²) < 4.78 is 35.4. The second-order valence-corrected chi connectivity index (χ2v) is 11.2. The third-order valence-corrected chi connectivity index (χ3v) is 7.77. The van der Waals surface area contributed by atoms with Crippen LogP contribution in [-0.2, 0) is 22.7 Å². The first kappa shape index (κ1) is 28.3. The van der Waals surface area contributed by atoms with E-state index in [0.717, 1.165) is 31.8 Å². The first-order valence-electron chi connectivity index (χ1n) is 11.6. The number of hydrogen-bond acceptors (Lipinski definition) is 5. The smallest absolute Gasteiger partial charge is 0.373 e. The van der Waals surface area contributed by atoms with Gasteiger partial charge in [-0.25, -0.2) is 9.13 Å². The Kier molecular flexibility index (Phi) is 15.0. The van der Waals surface area contributed by atoms with Crippen molar-refractivity contribution in [3.63, 3.8) is 0 Å². The molecule has 0 aromatic heterocycles. The number of unbranched alkanes of at least 4 members (excludes halogenated alkanes) is 9. The number of epoxide rings is 1. The summed E-state index contributed by atoms with van der Waals surface area (Å²) in [5.41, 5.74) is 0. The fourth-order valence-electron chi connectivity index (χ4n) is 3.70. The van der Waals surface area contributed by atoms with Crippen LogP contribution in [0.2, 0.25) is 0 Å². The van der Waals surface area contributed by atoms with E-state index in [2.05, 4.69) is 15.8 Å². The zero-order valence-corrected chi connectivity index (χ0v) is 20.2. The van der Waals surface area contributed by atoms with Crippen LogP contribution in [-0.4, -0.2) is 34.0 Å². The highest BCUT2D eigenvalue weighted by atomic mass is 31.3. The Balaban J connectivity index is 1.89. The van der Waals surface area contributed by atoms with Crippen LogP contribution in [0.5, 0.6) is 0 Å². The van der Waals surface area contributed by atoms with Gasteiger partial charge in [0.25, 0.3) is 0 Å². The first-order chi connectivity index (χ1) is 14.2. The summed E-state index contributed by atoms with van der Waals surface area (Å²) in [6, 6.07) is 0. The van der Waals surface area contributed by atoms with E-state index in [0.29, 0.717) is 12.5 Å². The van der Waals surface area contributed by atoms with Gasteiger partial charge in [0, 0.05) is 0 Å². The SMILES string of the molecule is CCC(CCCCCCCCCC1CO1)CCCCCCOP(=O)(O)OP(=O)(O)O. The van der Waals surface area contributed by atoms with Gasteiger partial charge in [0.05, 0.1) is 19.3 Å². The lowest BCUT2D eigenvalue weighted by molar-refractivity contribution is 0.175. The fraction of sp³-hybridized carbons (Fsp3) is 1.00. The van der Waals surface area contributed by atoms with Crippen molar-refractivity contribution in [1.82, 2.24) is 0 Å². The highest BCUT2D eigenvalue weighted by molar-refractivity contribution is 7.60. The largest absolute Gasteiger partial charge is 0.481 e. The number of ether oxygens (including phenoxy) is 1. The molecule has 0 amide bonds. The summed E-state index contributed by atoms with van der Waals surface area (Å²) in [5, 5.41) is 0. The van der Waals surface area contributed by atoms with Crippen LogP contribution in [0.25, 0.3) is 0 Å². The molecule has 0 aromatic carbocycles. The molecule has 30 heavy (non-hydrogen) atoms. The molecule has 0 aliphatic carbocycles. The minimum absolute atomic E-state index is 0.0562. The highest BCUT2D eigenvalue weighted by Gasteiger charge is 2.31. The van der Waals surface area contributed by atoms with Gasteiger partial charge < -0.3 is 19.4 Å². The third-order valence-electron chi connectivity index (χ3n) is 5.59. The van der Waals surface area contributed by atoms with Gasteiger partial charge in [-0.1, -0.05) is 90.4 Å². The highest BCUT2D eigenvalue weighted by Crippen LogP contribution is 2.57. The second-order valence-electron chi connectivity index (χ2n) is 8.36. The molecule has 0 saturated carbocycles.